The van der Waals surface area contributed by atoms with E-state index in [0.29, 0.717) is 23.4 Å². The maximum absolute atomic E-state index is 5.30. The average molecular weight is 739 g/mol. The number of benzene rings is 7. The van der Waals surface area contributed by atoms with E-state index in [-0.39, 0.29) is 11.3 Å². The monoisotopic (exact) mass is 738 g/mol. The van der Waals surface area contributed by atoms with Gasteiger partial charge in [0.1, 0.15) is 0 Å². The molecule has 4 heteroatoms. The molecule has 4 nitrogen and oxygen atoms in total. The average Bonchev–Trinajstić information content (AvgIpc) is 3.91. The number of para-hydroxylation sites is 2. The topological polar surface area (TPSA) is 43.6 Å². The van der Waals surface area contributed by atoms with Crippen LogP contribution in [0.2, 0.25) is 0 Å². The van der Waals surface area contributed by atoms with Crippen LogP contribution in [0.15, 0.2) is 194 Å². The standard InChI is InChI=1S/C54H34N4/c1-3-13-35(14-4-1)51-55-52(57-53(56-51)37-28-30-48-42(32-37)40-20-8-10-24-47(40)58(48)38-17-5-2-6-18-38)36-27-29-44-41(31-36)39-19-7-9-21-43(39)54(44)45-22-11-15-33-25-26-34-16-12-23-46(54)50(34)49(33)45/h1-32,45,49H. The van der Waals surface area contributed by atoms with Crippen LogP contribution >= 0.6 is 0 Å². The first-order valence-electron chi connectivity index (χ1n) is 20.1. The number of nitrogens with zero attached hydrogens (tertiary/aromatic N) is 4. The Balaban J connectivity index is 1.01. The predicted octanol–water partition coefficient (Wildman–Crippen LogP) is 12.5. The Kier molecular flexibility index (Phi) is 6.45. The van der Waals surface area contributed by atoms with Crippen LogP contribution in [-0.4, -0.2) is 19.5 Å². The van der Waals surface area contributed by atoms with Crippen LogP contribution in [0, 0.1) is 5.92 Å². The van der Waals surface area contributed by atoms with Crippen molar-refractivity contribution in [2.75, 3.05) is 0 Å². The molecule has 0 saturated carbocycles. The number of fused-ring (bicyclic) bond motifs is 10. The Morgan fingerprint density at radius 3 is 2.02 bits per heavy atom. The molecule has 0 N–H and O–H groups in total. The number of hydrogen-bond donors (Lipinski definition) is 0. The van der Waals surface area contributed by atoms with Gasteiger partial charge in [0, 0.05) is 45.0 Å². The van der Waals surface area contributed by atoms with Crippen molar-refractivity contribution in [3.8, 4) is 51.0 Å². The zero-order valence-electron chi connectivity index (χ0n) is 31.4. The zero-order chi connectivity index (χ0) is 38.0. The SMILES string of the molecule is C1=CC2C3C(=C1)C=Cc1cccc(c13)C21c2ccccc2-c2cc(-c3nc(-c4ccccc4)nc(-c4ccc5c(c4)c4ccccc4n5-c4ccccc4)n3)ccc21. The summed E-state index contributed by atoms with van der Waals surface area (Å²) in [6, 6.07) is 59.0. The van der Waals surface area contributed by atoms with Crippen LogP contribution < -0.4 is 0 Å². The molecule has 0 radical (unpaired) electrons. The summed E-state index contributed by atoms with van der Waals surface area (Å²) in [6.07, 6.45) is 11.7. The van der Waals surface area contributed by atoms with Gasteiger partial charge in [0.15, 0.2) is 17.5 Å². The van der Waals surface area contributed by atoms with Gasteiger partial charge in [-0.2, -0.15) is 0 Å². The molecule has 9 aromatic rings. The van der Waals surface area contributed by atoms with E-state index in [2.05, 4.69) is 181 Å². The van der Waals surface area contributed by atoms with E-state index in [0.717, 1.165) is 33.3 Å². The van der Waals surface area contributed by atoms with E-state index < -0.39 is 0 Å². The molecule has 2 heterocycles. The van der Waals surface area contributed by atoms with E-state index in [4.69, 9.17) is 15.0 Å². The largest absolute Gasteiger partial charge is 0.309 e. The van der Waals surface area contributed by atoms with Crippen molar-refractivity contribution in [3.05, 3.63) is 221 Å². The molecule has 270 valence electrons. The predicted molar refractivity (Wildman–Crippen MR) is 235 cm³/mol. The lowest BCUT2D eigenvalue weighted by atomic mass is 9.64. The fourth-order valence-corrected chi connectivity index (χ4v) is 10.8. The van der Waals surface area contributed by atoms with Crippen molar-refractivity contribution in [1.82, 2.24) is 19.5 Å². The van der Waals surface area contributed by atoms with Gasteiger partial charge in [0.2, 0.25) is 0 Å². The highest BCUT2D eigenvalue weighted by atomic mass is 15.0. The molecule has 2 aromatic heterocycles. The Hall–Kier alpha value is -7.43. The van der Waals surface area contributed by atoms with Gasteiger partial charge in [0.25, 0.3) is 0 Å². The zero-order valence-corrected chi connectivity index (χ0v) is 31.4. The highest BCUT2D eigenvalue weighted by Gasteiger charge is 2.59. The van der Waals surface area contributed by atoms with Crippen molar-refractivity contribution >= 4 is 27.9 Å². The second kappa shape index (κ2) is 11.8. The quantitative estimate of drug-likeness (QED) is 0.181. The highest BCUT2D eigenvalue weighted by molar-refractivity contribution is 6.10. The smallest absolute Gasteiger partial charge is 0.164 e. The third-order valence-electron chi connectivity index (χ3n) is 13.1. The molecule has 7 aromatic carbocycles. The molecule has 0 bridgehead atoms. The molecular formula is C54H34N4. The minimum Gasteiger partial charge on any atom is -0.309 e. The van der Waals surface area contributed by atoms with Gasteiger partial charge in [-0.3, -0.25) is 0 Å². The third-order valence-corrected chi connectivity index (χ3v) is 13.1. The summed E-state index contributed by atoms with van der Waals surface area (Å²) >= 11 is 0. The molecule has 0 aliphatic heterocycles. The molecule has 4 aliphatic carbocycles. The minimum absolute atomic E-state index is 0.276. The fraction of sp³-hybridized carbons (Fsp3) is 0.0556. The van der Waals surface area contributed by atoms with Crippen molar-refractivity contribution < 1.29 is 0 Å². The Morgan fingerprint density at radius 1 is 0.483 bits per heavy atom. The van der Waals surface area contributed by atoms with Crippen LogP contribution in [-0.2, 0) is 5.41 Å². The minimum atomic E-state index is -0.295. The molecule has 0 fully saturated rings. The van der Waals surface area contributed by atoms with Crippen LogP contribution in [0.1, 0.15) is 33.7 Å². The third kappa shape index (κ3) is 4.21. The lowest BCUT2D eigenvalue weighted by molar-refractivity contribution is 0.457. The van der Waals surface area contributed by atoms with Gasteiger partial charge in [-0.05, 0) is 87.0 Å². The van der Waals surface area contributed by atoms with Gasteiger partial charge in [-0.15, -0.1) is 0 Å². The summed E-state index contributed by atoms with van der Waals surface area (Å²) in [4.78, 5) is 15.7. The lowest BCUT2D eigenvalue weighted by Crippen LogP contribution is -2.33. The van der Waals surface area contributed by atoms with E-state index >= 15 is 0 Å². The van der Waals surface area contributed by atoms with Gasteiger partial charge in [0.05, 0.1) is 16.4 Å². The van der Waals surface area contributed by atoms with Crippen LogP contribution in [0.25, 0.3) is 78.9 Å². The highest BCUT2D eigenvalue weighted by Crippen LogP contribution is 2.67. The second-order valence-corrected chi connectivity index (χ2v) is 15.9. The summed E-state index contributed by atoms with van der Waals surface area (Å²) in [6.45, 7) is 0. The van der Waals surface area contributed by atoms with Crippen LogP contribution in [0.4, 0.5) is 0 Å². The fourth-order valence-electron chi connectivity index (χ4n) is 10.8. The molecule has 13 rings (SSSR count). The molecule has 58 heavy (non-hydrogen) atoms. The number of rotatable bonds is 4. The molecular weight excluding hydrogens is 705 g/mol. The molecule has 3 unspecified atom stereocenters. The molecule has 0 amide bonds. The second-order valence-electron chi connectivity index (χ2n) is 15.9. The van der Waals surface area contributed by atoms with Crippen LogP contribution in [0.3, 0.4) is 0 Å². The molecule has 1 spiro atoms. The lowest BCUT2D eigenvalue weighted by Gasteiger charge is -2.37. The van der Waals surface area contributed by atoms with E-state index in [1.807, 2.05) is 18.2 Å². The Bertz CT molecular complexity index is 3300. The summed E-state index contributed by atoms with van der Waals surface area (Å²) in [5, 5.41) is 2.35. The summed E-state index contributed by atoms with van der Waals surface area (Å²) in [5.41, 5.74) is 17.0. The van der Waals surface area contributed by atoms with E-state index in [9.17, 15) is 0 Å². The summed E-state index contributed by atoms with van der Waals surface area (Å²) < 4.78 is 2.34. The van der Waals surface area contributed by atoms with E-state index in [1.165, 1.54) is 55.4 Å². The van der Waals surface area contributed by atoms with Crippen molar-refractivity contribution in [2.45, 2.75) is 11.3 Å². The maximum Gasteiger partial charge on any atom is 0.164 e. The van der Waals surface area contributed by atoms with Gasteiger partial charge in [-0.25, -0.2) is 15.0 Å². The van der Waals surface area contributed by atoms with E-state index in [1.54, 1.807) is 0 Å². The normalized spacial score (nSPS) is 19.1. The van der Waals surface area contributed by atoms with Gasteiger partial charge >= 0.3 is 0 Å². The first-order valence-corrected chi connectivity index (χ1v) is 20.1. The summed E-state index contributed by atoms with van der Waals surface area (Å²) in [7, 11) is 0. The van der Waals surface area contributed by atoms with Gasteiger partial charge in [-0.1, -0.05) is 152 Å². The number of allylic oxidation sites excluding steroid dienone is 5. The van der Waals surface area contributed by atoms with Crippen molar-refractivity contribution in [3.63, 3.8) is 0 Å². The number of hydrogen-bond acceptors (Lipinski definition) is 3. The maximum atomic E-state index is 5.30. The molecule has 4 aliphatic rings. The molecule has 0 saturated heterocycles. The van der Waals surface area contributed by atoms with Crippen molar-refractivity contribution in [1.29, 1.82) is 0 Å². The Labute approximate surface area is 335 Å². The first kappa shape index (κ1) is 31.7. The first-order chi connectivity index (χ1) is 28.8. The molecule has 3 atom stereocenters. The Morgan fingerprint density at radius 2 is 1.16 bits per heavy atom. The number of aromatic nitrogens is 4. The van der Waals surface area contributed by atoms with Gasteiger partial charge < -0.3 is 4.57 Å². The summed E-state index contributed by atoms with van der Waals surface area (Å²) in [5.74, 6) is 2.57. The van der Waals surface area contributed by atoms with Crippen molar-refractivity contribution in [2.24, 2.45) is 5.92 Å². The van der Waals surface area contributed by atoms with Crippen LogP contribution in [0.5, 0.6) is 0 Å².